The molecule has 0 aliphatic carbocycles. The van der Waals surface area contributed by atoms with E-state index in [2.05, 4.69) is 29.9 Å². The maximum absolute atomic E-state index is 16.2. The van der Waals surface area contributed by atoms with E-state index in [1.165, 1.54) is 12.7 Å². The third-order valence-corrected chi connectivity index (χ3v) is 10.6. The van der Waals surface area contributed by atoms with Crippen molar-refractivity contribution in [1.82, 2.24) is 39.0 Å². The van der Waals surface area contributed by atoms with Crippen LogP contribution in [-0.2, 0) is 25.6 Å². The van der Waals surface area contributed by atoms with Gasteiger partial charge in [0.1, 0.15) is 30.3 Å². The number of hydrogen-bond donors (Lipinski definition) is 6. The smallest absolute Gasteiger partial charge is 0.325 e. The average Bonchev–Trinajstić information content (AvgIpc) is 3.64. The van der Waals surface area contributed by atoms with Gasteiger partial charge in [-0.1, -0.05) is 6.92 Å². The lowest BCUT2D eigenvalue weighted by molar-refractivity contribution is -0.0635. The van der Waals surface area contributed by atoms with Crippen LogP contribution in [0.2, 0.25) is 0 Å². The topological polar surface area (TPSA) is 253 Å². The first kappa shape index (κ1) is 29.3. The minimum absolute atomic E-state index is 0.0274. The summed E-state index contributed by atoms with van der Waals surface area (Å²) in [5, 5.41) is 11.3. The van der Waals surface area contributed by atoms with Crippen molar-refractivity contribution in [3.05, 3.63) is 29.3 Å². The molecule has 2 aliphatic rings. The van der Waals surface area contributed by atoms with Crippen LogP contribution in [-0.4, -0.2) is 91.9 Å². The highest BCUT2D eigenvalue weighted by atomic mass is 32.5. The third-order valence-electron chi connectivity index (χ3n) is 7.42. The molecule has 0 saturated carbocycles. The Balaban J connectivity index is 1.32. The van der Waals surface area contributed by atoms with Crippen LogP contribution in [0.25, 0.3) is 22.3 Å². The third kappa shape index (κ3) is 5.18. The number of aromatic amines is 1. The molecule has 2 fully saturated rings. The summed E-state index contributed by atoms with van der Waals surface area (Å²) in [6, 6.07) is -0.577. The van der Waals surface area contributed by atoms with E-state index in [1.54, 1.807) is 11.5 Å². The molecule has 0 spiro atoms. The molecule has 4 aromatic heterocycles. The molecule has 0 amide bonds. The van der Waals surface area contributed by atoms with E-state index in [-0.39, 0.29) is 44.0 Å². The minimum Gasteiger partial charge on any atom is -0.382 e. The van der Waals surface area contributed by atoms with Crippen molar-refractivity contribution >= 4 is 61.2 Å². The minimum atomic E-state index is -4.18. The van der Waals surface area contributed by atoms with Crippen LogP contribution in [0.5, 0.6) is 0 Å². The highest BCUT2D eigenvalue weighted by Gasteiger charge is 2.47. The first-order valence-corrected chi connectivity index (χ1v) is 16.6. The number of nitrogens with one attached hydrogen (secondary N) is 1. The fourth-order valence-electron chi connectivity index (χ4n) is 5.19. The number of anilines is 2. The number of aromatic nitrogens is 8. The van der Waals surface area contributed by atoms with Gasteiger partial charge in [0.05, 0.1) is 25.4 Å². The zero-order chi connectivity index (χ0) is 29.9. The van der Waals surface area contributed by atoms with Crippen molar-refractivity contribution in [1.29, 1.82) is 0 Å². The van der Waals surface area contributed by atoms with Crippen LogP contribution >= 0.6 is 15.3 Å². The lowest BCUT2D eigenvalue weighted by Crippen LogP contribution is -2.42. The molecule has 2 saturated heterocycles. The number of halogens is 1. The van der Waals surface area contributed by atoms with E-state index >= 15 is 4.39 Å². The highest BCUT2D eigenvalue weighted by Crippen LogP contribution is 2.51. The fraction of sp³-hybridized carbons (Fsp3) is 0.524. The zero-order valence-electron chi connectivity index (χ0n) is 21.9. The number of fused-ring (bicyclic) bond motifs is 4. The van der Waals surface area contributed by atoms with Crippen molar-refractivity contribution < 1.29 is 28.2 Å². The number of rotatable bonds is 3. The second kappa shape index (κ2) is 11.1. The Morgan fingerprint density at radius 1 is 1.24 bits per heavy atom. The second-order valence-electron chi connectivity index (χ2n) is 10.1. The van der Waals surface area contributed by atoms with Crippen LogP contribution < -0.4 is 22.8 Å². The van der Waals surface area contributed by atoms with Gasteiger partial charge < -0.3 is 36.5 Å². The summed E-state index contributed by atoms with van der Waals surface area (Å²) in [6.07, 6.45) is -2.40. The van der Waals surface area contributed by atoms with Crippen LogP contribution in [0, 0.1) is 5.92 Å². The van der Waals surface area contributed by atoms with Gasteiger partial charge in [0.2, 0.25) is 5.95 Å². The summed E-state index contributed by atoms with van der Waals surface area (Å²) >= 11 is 5.21. The van der Waals surface area contributed by atoms with E-state index in [0.29, 0.717) is 17.3 Å². The quantitative estimate of drug-likeness (QED) is 0.154. The molecule has 42 heavy (non-hydrogen) atoms. The van der Waals surface area contributed by atoms with Crippen LogP contribution in [0.1, 0.15) is 19.4 Å². The van der Waals surface area contributed by atoms with Gasteiger partial charge in [-0.05, 0) is 18.0 Å². The Morgan fingerprint density at radius 2 is 2.00 bits per heavy atom. The monoisotopic (exact) mass is 643 g/mol. The molecule has 4 aromatic rings. The summed E-state index contributed by atoms with van der Waals surface area (Å²) < 4.78 is 36.4. The molecule has 0 aromatic carbocycles. The van der Waals surface area contributed by atoms with E-state index in [9.17, 15) is 14.8 Å². The molecule has 0 radical (unpaired) electrons. The average molecular weight is 644 g/mol. The number of imidazole rings is 2. The number of alkyl halides is 1. The summed E-state index contributed by atoms with van der Waals surface area (Å²) in [7, 11) is -0.0274. The van der Waals surface area contributed by atoms with Gasteiger partial charge in [-0.2, -0.15) is 4.98 Å². The standard InChI is InChI=1S/C21H28FN11O6P2S/c1-7-10(22)14(19(35)32-5-29-13-17(32)30-21(25)31-18(13)34)39-41(36,42)37-2-9-11(23)8(3-40-7)20(38-9)33-6-28-12-15(24)26-4-27-16(12)33/h4-11,14,19-20,35,40H,2-3,23H2,1H3,(H,36,42)(H2,24,26,27)(H3,25,30,31,34)/t7?,8-,9-,10-,11+,14-,19-,20-,41?/m1/s1. The maximum atomic E-state index is 16.2. The normalized spacial score (nSPS) is 34.0. The van der Waals surface area contributed by atoms with Gasteiger partial charge in [-0.25, -0.2) is 24.3 Å². The first-order chi connectivity index (χ1) is 19.9. The van der Waals surface area contributed by atoms with E-state index < -0.39 is 54.8 Å². The van der Waals surface area contributed by atoms with Gasteiger partial charge in [-0.15, -0.1) is 8.58 Å². The zero-order valence-corrected chi connectivity index (χ0v) is 24.6. The Hall–Kier alpha value is -2.73. The molecule has 10 atom stereocenters. The Bertz CT molecular complexity index is 1740. The number of H-pyrrole nitrogens is 1. The summed E-state index contributed by atoms with van der Waals surface area (Å²) in [5.41, 5.74) is 17.5. The van der Waals surface area contributed by atoms with Crippen molar-refractivity contribution in [2.45, 2.75) is 49.5 Å². The number of hydrogen-bond acceptors (Lipinski definition) is 14. The van der Waals surface area contributed by atoms with Gasteiger partial charge in [0.15, 0.2) is 28.9 Å². The number of nitrogens with two attached hydrogens (primary N) is 3. The summed E-state index contributed by atoms with van der Waals surface area (Å²) in [5.74, 6) is -0.364. The molecule has 2 aliphatic heterocycles. The lowest BCUT2D eigenvalue weighted by atomic mass is 10.00. The number of nitrogens with zero attached hydrogens (tertiary/aromatic N) is 7. The van der Waals surface area contributed by atoms with E-state index in [1.807, 2.05) is 0 Å². The van der Waals surface area contributed by atoms with E-state index in [0.717, 1.165) is 10.9 Å². The maximum Gasteiger partial charge on any atom is 0.325 e. The molecule has 9 N–H and O–H groups in total. The molecule has 17 nitrogen and oxygen atoms in total. The summed E-state index contributed by atoms with van der Waals surface area (Å²) in [6.45, 7) is -2.81. The Morgan fingerprint density at radius 3 is 2.79 bits per heavy atom. The molecular weight excluding hydrogens is 615 g/mol. The SMILES string of the molecule is CC1PC[C@@H]2[C@H](N)[C@@H](COP(O)(=S)O[C@@H]([C@@H](O)n3cnc4c(=O)[nH]c(N)nc43)[C@@H]1F)O[C@H]2n1cnc2c(N)ncnc21. The Labute approximate surface area is 243 Å². The molecule has 6 rings (SSSR count). The van der Waals surface area contributed by atoms with Crippen LogP contribution in [0.15, 0.2) is 23.8 Å². The number of ether oxygens (including phenoxy) is 1. The molecule has 6 heterocycles. The molecule has 21 heteroatoms. The highest BCUT2D eigenvalue weighted by molar-refractivity contribution is 8.07. The Kier molecular flexibility index (Phi) is 7.74. The van der Waals surface area contributed by atoms with Crippen LogP contribution in [0.4, 0.5) is 16.2 Å². The molecular formula is C21H28FN11O6P2S. The second-order valence-corrected chi connectivity index (χ2v) is 14.6. The molecule has 2 bridgehead atoms. The molecule has 3 unspecified atom stereocenters. The largest absolute Gasteiger partial charge is 0.382 e. The summed E-state index contributed by atoms with van der Waals surface area (Å²) in [4.78, 5) is 46.0. The van der Waals surface area contributed by atoms with Crippen LogP contribution in [0.3, 0.4) is 0 Å². The van der Waals surface area contributed by atoms with Crippen molar-refractivity contribution in [3.8, 4) is 0 Å². The van der Waals surface area contributed by atoms with Gasteiger partial charge in [0, 0.05) is 17.6 Å². The number of aliphatic hydroxyl groups excluding tert-OH is 1. The predicted molar refractivity (Wildman–Crippen MR) is 154 cm³/mol. The van der Waals surface area contributed by atoms with E-state index in [4.69, 9.17) is 42.8 Å². The fourth-order valence-corrected chi connectivity index (χ4v) is 8.14. The van der Waals surface area contributed by atoms with Crippen molar-refractivity contribution in [2.24, 2.45) is 11.7 Å². The van der Waals surface area contributed by atoms with Gasteiger partial charge >= 0.3 is 6.72 Å². The first-order valence-electron chi connectivity index (χ1n) is 12.7. The molecule has 226 valence electrons. The number of nitrogen functional groups attached to an aromatic ring is 2. The predicted octanol–water partition coefficient (Wildman–Crippen LogP) is -0.507. The van der Waals surface area contributed by atoms with Gasteiger partial charge in [0.25, 0.3) is 5.56 Å². The van der Waals surface area contributed by atoms with Crippen molar-refractivity contribution in [2.75, 3.05) is 24.2 Å². The lowest BCUT2D eigenvalue weighted by Gasteiger charge is -2.33. The van der Waals surface area contributed by atoms with Gasteiger partial charge in [-0.3, -0.25) is 23.4 Å². The number of aliphatic hydroxyl groups is 1. The van der Waals surface area contributed by atoms with Crippen molar-refractivity contribution in [3.63, 3.8) is 0 Å².